The normalized spacial score (nSPS) is 13.5. The van der Waals surface area contributed by atoms with Gasteiger partial charge in [-0.2, -0.15) is 13.2 Å². The Hall–Kier alpha value is -2.87. The average Bonchev–Trinajstić information content (AvgIpc) is 2.61. The lowest BCUT2D eigenvalue weighted by Crippen LogP contribution is -2.48. The molecule has 0 aliphatic carbocycles. The summed E-state index contributed by atoms with van der Waals surface area (Å²) in [5, 5.41) is 5.21. The number of rotatable bonds is 6. The lowest BCUT2D eigenvalue weighted by molar-refractivity contribution is -0.137. The van der Waals surface area contributed by atoms with Crippen LogP contribution in [-0.4, -0.2) is 17.4 Å². The van der Waals surface area contributed by atoms with E-state index in [9.17, 15) is 22.8 Å². The molecule has 4 N–H and O–H groups in total. The van der Waals surface area contributed by atoms with Crippen molar-refractivity contribution in [3.63, 3.8) is 0 Å². The van der Waals surface area contributed by atoms with E-state index in [1.54, 1.807) is 25.1 Å². The Bertz CT molecular complexity index is 864. The molecule has 0 radical (unpaired) electrons. The molecule has 2 amide bonds. The Balaban J connectivity index is 2.13. The Morgan fingerprint density at radius 1 is 1.00 bits per heavy atom. The Kier molecular flexibility index (Phi) is 6.45. The van der Waals surface area contributed by atoms with Crippen LogP contribution in [0.4, 0.5) is 24.5 Å². The Morgan fingerprint density at radius 2 is 1.61 bits per heavy atom. The van der Waals surface area contributed by atoms with Crippen LogP contribution >= 0.6 is 0 Å². The first kappa shape index (κ1) is 21.4. The monoisotopic (exact) mass is 393 g/mol. The summed E-state index contributed by atoms with van der Waals surface area (Å²) in [4.78, 5) is 24.6. The fourth-order valence-electron chi connectivity index (χ4n) is 2.62. The summed E-state index contributed by atoms with van der Waals surface area (Å²) in [7, 11) is 0. The van der Waals surface area contributed by atoms with Crippen LogP contribution < -0.4 is 16.4 Å². The van der Waals surface area contributed by atoms with Gasteiger partial charge in [0.1, 0.15) is 0 Å². The summed E-state index contributed by atoms with van der Waals surface area (Å²) >= 11 is 0. The molecule has 0 aliphatic rings. The molecular weight excluding hydrogens is 371 g/mol. The largest absolute Gasteiger partial charge is 0.416 e. The third kappa shape index (κ3) is 5.56. The number of hydrogen-bond donors (Lipinski definition) is 3. The quantitative estimate of drug-likeness (QED) is 0.680. The van der Waals surface area contributed by atoms with Crippen molar-refractivity contribution in [2.45, 2.75) is 38.4 Å². The minimum atomic E-state index is -4.53. The van der Waals surface area contributed by atoms with E-state index in [-0.39, 0.29) is 11.5 Å². The molecule has 5 nitrogen and oxygen atoms in total. The number of alkyl halides is 3. The molecule has 2 rings (SSSR count). The SMILES string of the molecule is CCCC(C)(N)C(=O)Nc1cccc(NC(=O)c2cccc(C(F)(F)F)c2)c1. The molecule has 0 saturated carbocycles. The standard InChI is InChI=1S/C20H22F3N3O2/c1-3-10-19(2,24)18(28)26-16-9-5-8-15(12-16)25-17(27)13-6-4-7-14(11-13)20(21,22)23/h4-9,11-12H,3,10,24H2,1-2H3,(H,25,27)(H,26,28). The number of anilines is 2. The predicted octanol–water partition coefficient (Wildman–Crippen LogP) is 4.41. The molecule has 0 aromatic heterocycles. The Morgan fingerprint density at radius 3 is 2.21 bits per heavy atom. The zero-order valence-corrected chi connectivity index (χ0v) is 15.6. The summed E-state index contributed by atoms with van der Waals surface area (Å²) in [6.07, 6.45) is -3.29. The van der Waals surface area contributed by atoms with Gasteiger partial charge in [-0.1, -0.05) is 25.5 Å². The molecule has 8 heteroatoms. The number of carbonyl (C=O) groups is 2. The van der Waals surface area contributed by atoms with Gasteiger partial charge in [0.25, 0.3) is 5.91 Å². The maximum absolute atomic E-state index is 12.8. The highest BCUT2D eigenvalue weighted by molar-refractivity contribution is 6.05. The van der Waals surface area contributed by atoms with Crippen LogP contribution in [0.5, 0.6) is 0 Å². The highest BCUT2D eigenvalue weighted by Crippen LogP contribution is 2.29. The van der Waals surface area contributed by atoms with Crippen molar-refractivity contribution in [2.24, 2.45) is 5.73 Å². The van der Waals surface area contributed by atoms with Crippen LogP contribution in [0.3, 0.4) is 0 Å². The second-order valence-electron chi connectivity index (χ2n) is 6.74. The van der Waals surface area contributed by atoms with Gasteiger partial charge >= 0.3 is 6.18 Å². The van der Waals surface area contributed by atoms with E-state index < -0.39 is 23.2 Å². The van der Waals surface area contributed by atoms with Gasteiger partial charge in [0, 0.05) is 16.9 Å². The van der Waals surface area contributed by atoms with Crippen molar-refractivity contribution in [1.29, 1.82) is 0 Å². The van der Waals surface area contributed by atoms with E-state index >= 15 is 0 Å². The molecule has 0 spiro atoms. The zero-order chi connectivity index (χ0) is 20.9. The number of hydrogen-bond acceptors (Lipinski definition) is 3. The molecule has 0 bridgehead atoms. The maximum Gasteiger partial charge on any atom is 0.416 e. The molecule has 2 aromatic carbocycles. The molecule has 1 atom stereocenters. The summed E-state index contributed by atoms with van der Waals surface area (Å²) in [6.45, 7) is 3.55. The topological polar surface area (TPSA) is 84.2 Å². The molecule has 0 fully saturated rings. The highest BCUT2D eigenvalue weighted by atomic mass is 19.4. The summed E-state index contributed by atoms with van der Waals surface area (Å²) in [5.74, 6) is -1.06. The molecule has 28 heavy (non-hydrogen) atoms. The van der Waals surface area contributed by atoms with Crippen LogP contribution in [0, 0.1) is 0 Å². The molecule has 0 heterocycles. The van der Waals surface area contributed by atoms with E-state index in [1.165, 1.54) is 18.2 Å². The average molecular weight is 393 g/mol. The van der Waals surface area contributed by atoms with Gasteiger partial charge in [0.05, 0.1) is 11.1 Å². The first-order valence-corrected chi connectivity index (χ1v) is 8.72. The molecule has 2 aromatic rings. The zero-order valence-electron chi connectivity index (χ0n) is 15.6. The fraction of sp³-hybridized carbons (Fsp3) is 0.300. The molecule has 0 saturated heterocycles. The van der Waals surface area contributed by atoms with Crippen molar-refractivity contribution >= 4 is 23.2 Å². The molecule has 0 aliphatic heterocycles. The van der Waals surface area contributed by atoms with E-state index in [4.69, 9.17) is 5.73 Å². The number of amides is 2. The van der Waals surface area contributed by atoms with Gasteiger partial charge in [-0.15, -0.1) is 0 Å². The van der Waals surface area contributed by atoms with E-state index in [0.717, 1.165) is 18.6 Å². The predicted molar refractivity (Wildman–Crippen MR) is 102 cm³/mol. The smallest absolute Gasteiger partial charge is 0.324 e. The second kappa shape index (κ2) is 8.43. The number of nitrogens with one attached hydrogen (secondary N) is 2. The van der Waals surface area contributed by atoms with E-state index in [2.05, 4.69) is 10.6 Å². The fourth-order valence-corrected chi connectivity index (χ4v) is 2.62. The first-order valence-electron chi connectivity index (χ1n) is 8.72. The van der Waals surface area contributed by atoms with Crippen LogP contribution in [0.1, 0.15) is 42.6 Å². The minimum Gasteiger partial charge on any atom is -0.324 e. The van der Waals surface area contributed by atoms with Crippen molar-refractivity contribution in [2.75, 3.05) is 10.6 Å². The van der Waals surface area contributed by atoms with Gasteiger partial charge in [0.2, 0.25) is 5.91 Å². The van der Waals surface area contributed by atoms with Crippen molar-refractivity contribution < 1.29 is 22.8 Å². The molecular formula is C20H22F3N3O2. The number of nitrogens with two attached hydrogens (primary N) is 1. The number of carbonyl (C=O) groups excluding carboxylic acids is 2. The third-order valence-electron chi connectivity index (χ3n) is 4.12. The maximum atomic E-state index is 12.8. The van der Waals surface area contributed by atoms with Crippen molar-refractivity contribution in [1.82, 2.24) is 0 Å². The van der Waals surface area contributed by atoms with Crippen LogP contribution in [-0.2, 0) is 11.0 Å². The van der Waals surface area contributed by atoms with Crippen LogP contribution in [0.15, 0.2) is 48.5 Å². The minimum absolute atomic E-state index is 0.123. The van der Waals surface area contributed by atoms with Gasteiger partial charge in [-0.25, -0.2) is 0 Å². The van der Waals surface area contributed by atoms with E-state index in [0.29, 0.717) is 17.8 Å². The van der Waals surface area contributed by atoms with Gasteiger partial charge < -0.3 is 16.4 Å². The van der Waals surface area contributed by atoms with Crippen molar-refractivity contribution in [3.8, 4) is 0 Å². The van der Waals surface area contributed by atoms with Gasteiger partial charge in [0.15, 0.2) is 0 Å². The summed E-state index contributed by atoms with van der Waals surface area (Å²) in [6, 6.07) is 10.4. The van der Waals surface area contributed by atoms with Gasteiger partial charge in [-0.3, -0.25) is 9.59 Å². The highest BCUT2D eigenvalue weighted by Gasteiger charge is 2.31. The van der Waals surface area contributed by atoms with Crippen LogP contribution in [0.2, 0.25) is 0 Å². The summed E-state index contributed by atoms with van der Waals surface area (Å²) < 4.78 is 38.4. The molecule has 150 valence electrons. The van der Waals surface area contributed by atoms with Crippen LogP contribution in [0.25, 0.3) is 0 Å². The second-order valence-corrected chi connectivity index (χ2v) is 6.74. The number of halogens is 3. The first-order chi connectivity index (χ1) is 13.0. The van der Waals surface area contributed by atoms with E-state index in [1.807, 2.05) is 6.92 Å². The summed E-state index contributed by atoms with van der Waals surface area (Å²) in [5.41, 5.74) is 4.67. The lowest BCUT2D eigenvalue weighted by Gasteiger charge is -2.23. The van der Waals surface area contributed by atoms with Gasteiger partial charge in [-0.05, 0) is 49.7 Å². The molecule has 1 unspecified atom stereocenters. The Labute approximate surface area is 161 Å². The van der Waals surface area contributed by atoms with Crippen molar-refractivity contribution in [3.05, 3.63) is 59.7 Å². The lowest BCUT2D eigenvalue weighted by atomic mass is 9.96. The third-order valence-corrected chi connectivity index (χ3v) is 4.12. The number of benzene rings is 2.